The summed E-state index contributed by atoms with van der Waals surface area (Å²) >= 11 is 1.54. The molecular formula is C16H19N3OS. The number of nitrogens with zero attached hydrogens (tertiary/aromatic N) is 2. The van der Waals surface area contributed by atoms with Gasteiger partial charge in [-0.05, 0) is 31.4 Å². The molecule has 1 aliphatic rings. The van der Waals surface area contributed by atoms with Crippen molar-refractivity contribution in [3.8, 4) is 0 Å². The number of aromatic nitrogens is 1. The third-order valence-electron chi connectivity index (χ3n) is 3.62. The van der Waals surface area contributed by atoms with Crippen LogP contribution in [0.3, 0.4) is 0 Å². The summed E-state index contributed by atoms with van der Waals surface area (Å²) in [5.41, 5.74) is 1.87. The lowest BCUT2D eigenvalue weighted by Gasteiger charge is -2.26. The summed E-state index contributed by atoms with van der Waals surface area (Å²) in [5, 5.41) is 6.06. The molecule has 2 aromatic rings. The highest BCUT2D eigenvalue weighted by Crippen LogP contribution is 2.21. The maximum absolute atomic E-state index is 12.2. The number of carbonyl (C=O) groups excluding carboxylic acids is 1. The molecule has 3 rings (SSSR count). The molecule has 0 aliphatic carbocycles. The first-order valence-electron chi connectivity index (χ1n) is 7.35. The topological polar surface area (TPSA) is 45.2 Å². The molecule has 110 valence electrons. The van der Waals surface area contributed by atoms with E-state index in [1.165, 1.54) is 6.42 Å². The molecule has 0 unspecified atom stereocenters. The number of piperidine rings is 1. The Hall–Kier alpha value is -1.88. The van der Waals surface area contributed by atoms with Crippen LogP contribution in [-0.2, 0) is 11.2 Å². The van der Waals surface area contributed by atoms with Crippen molar-refractivity contribution in [3.63, 3.8) is 0 Å². The second-order valence-electron chi connectivity index (χ2n) is 5.25. The van der Waals surface area contributed by atoms with Gasteiger partial charge in [-0.1, -0.05) is 18.2 Å². The number of anilines is 2. The van der Waals surface area contributed by atoms with Crippen LogP contribution < -0.4 is 5.32 Å². The Kier molecular flexibility index (Phi) is 4.50. The Bertz CT molecular complexity index is 591. The number of carbonyl (C=O) groups is 1. The van der Waals surface area contributed by atoms with Crippen molar-refractivity contribution in [3.05, 3.63) is 41.4 Å². The van der Waals surface area contributed by atoms with Gasteiger partial charge in [-0.3, -0.25) is 4.79 Å². The molecule has 1 N–H and O–H groups in total. The molecule has 1 aliphatic heterocycles. The molecule has 1 fully saturated rings. The molecule has 1 amide bonds. The normalized spacial score (nSPS) is 15.0. The van der Waals surface area contributed by atoms with E-state index in [2.05, 4.69) is 10.3 Å². The molecule has 1 aromatic carbocycles. The Morgan fingerprint density at radius 2 is 1.95 bits per heavy atom. The van der Waals surface area contributed by atoms with Crippen LogP contribution in [0.2, 0.25) is 0 Å². The van der Waals surface area contributed by atoms with E-state index in [0.717, 1.165) is 42.4 Å². The van der Waals surface area contributed by atoms with Crippen LogP contribution in [0.5, 0.6) is 0 Å². The Labute approximate surface area is 128 Å². The molecule has 21 heavy (non-hydrogen) atoms. The smallest absolute Gasteiger partial charge is 0.228 e. The summed E-state index contributed by atoms with van der Waals surface area (Å²) in [7, 11) is 0. The summed E-state index contributed by atoms with van der Waals surface area (Å²) in [5.74, 6) is 0.200. The van der Waals surface area contributed by atoms with Gasteiger partial charge in [-0.15, -0.1) is 11.3 Å². The predicted molar refractivity (Wildman–Crippen MR) is 86.0 cm³/mol. The van der Waals surface area contributed by atoms with Gasteiger partial charge >= 0.3 is 0 Å². The van der Waals surface area contributed by atoms with Crippen LogP contribution in [0.15, 0.2) is 35.7 Å². The van der Waals surface area contributed by atoms with Crippen molar-refractivity contribution in [2.75, 3.05) is 18.4 Å². The van der Waals surface area contributed by atoms with Gasteiger partial charge in [0, 0.05) is 24.2 Å². The van der Waals surface area contributed by atoms with Gasteiger partial charge in [0.15, 0.2) is 5.13 Å². The molecule has 1 saturated heterocycles. The highest BCUT2D eigenvalue weighted by atomic mass is 32.1. The molecular weight excluding hydrogens is 282 g/mol. The molecule has 0 spiro atoms. The molecule has 0 bridgehead atoms. The molecule has 4 nitrogen and oxygen atoms in total. The number of benzene rings is 1. The van der Waals surface area contributed by atoms with E-state index in [-0.39, 0.29) is 5.91 Å². The van der Waals surface area contributed by atoms with Gasteiger partial charge in [0.05, 0.1) is 12.1 Å². The number of hydrogen-bond acceptors (Lipinski definition) is 4. The van der Waals surface area contributed by atoms with Gasteiger partial charge < -0.3 is 10.2 Å². The zero-order valence-corrected chi connectivity index (χ0v) is 12.7. The second kappa shape index (κ2) is 6.72. The number of para-hydroxylation sites is 1. The Morgan fingerprint density at radius 3 is 2.71 bits per heavy atom. The average Bonchev–Trinajstić information content (AvgIpc) is 2.96. The molecule has 2 heterocycles. The quantitative estimate of drug-likeness (QED) is 0.941. The molecule has 0 saturated carbocycles. The van der Waals surface area contributed by atoms with Crippen molar-refractivity contribution in [2.45, 2.75) is 25.7 Å². The summed E-state index contributed by atoms with van der Waals surface area (Å²) in [6.45, 7) is 1.80. The minimum absolute atomic E-state index is 0.200. The van der Waals surface area contributed by atoms with E-state index in [0.29, 0.717) is 6.42 Å². The SMILES string of the molecule is O=C(Cc1csc(Nc2ccccc2)n1)N1CCCCC1. The third-order valence-corrected chi connectivity index (χ3v) is 4.42. The zero-order chi connectivity index (χ0) is 14.5. The van der Waals surface area contributed by atoms with E-state index in [4.69, 9.17) is 0 Å². The highest BCUT2D eigenvalue weighted by Gasteiger charge is 2.17. The van der Waals surface area contributed by atoms with Gasteiger partial charge in [0.2, 0.25) is 5.91 Å². The summed E-state index contributed by atoms with van der Waals surface area (Å²) in [4.78, 5) is 18.7. The first-order valence-corrected chi connectivity index (χ1v) is 8.23. The zero-order valence-electron chi connectivity index (χ0n) is 11.9. The summed E-state index contributed by atoms with van der Waals surface area (Å²) in [6.07, 6.45) is 3.91. The molecule has 0 atom stereocenters. The van der Waals surface area contributed by atoms with Gasteiger partial charge in [-0.2, -0.15) is 0 Å². The number of thiazole rings is 1. The standard InChI is InChI=1S/C16H19N3OS/c20-15(19-9-5-2-6-10-19)11-14-12-21-16(18-14)17-13-7-3-1-4-8-13/h1,3-4,7-8,12H,2,5-6,9-11H2,(H,17,18). The number of amides is 1. The molecule has 5 heteroatoms. The second-order valence-corrected chi connectivity index (χ2v) is 6.11. The summed E-state index contributed by atoms with van der Waals surface area (Å²) < 4.78 is 0. The predicted octanol–water partition coefficient (Wildman–Crippen LogP) is 3.44. The third kappa shape index (κ3) is 3.82. The van der Waals surface area contributed by atoms with E-state index >= 15 is 0 Å². The Morgan fingerprint density at radius 1 is 1.19 bits per heavy atom. The first kappa shape index (κ1) is 14.1. The maximum Gasteiger partial charge on any atom is 0.228 e. The number of nitrogens with one attached hydrogen (secondary N) is 1. The minimum atomic E-state index is 0.200. The molecule has 1 aromatic heterocycles. The van der Waals surface area contributed by atoms with E-state index in [9.17, 15) is 4.79 Å². The first-order chi connectivity index (χ1) is 10.3. The summed E-state index contributed by atoms with van der Waals surface area (Å²) in [6, 6.07) is 9.95. The van der Waals surface area contributed by atoms with Crippen molar-refractivity contribution >= 4 is 28.1 Å². The van der Waals surface area contributed by atoms with Crippen LogP contribution in [0.1, 0.15) is 25.0 Å². The number of hydrogen-bond donors (Lipinski definition) is 1. The fourth-order valence-electron chi connectivity index (χ4n) is 2.50. The lowest BCUT2D eigenvalue weighted by atomic mass is 10.1. The molecule has 0 radical (unpaired) electrons. The van der Waals surface area contributed by atoms with Crippen molar-refractivity contribution in [2.24, 2.45) is 0 Å². The van der Waals surface area contributed by atoms with Crippen LogP contribution >= 0.6 is 11.3 Å². The van der Waals surface area contributed by atoms with Gasteiger partial charge in [-0.25, -0.2) is 4.98 Å². The number of likely N-dealkylation sites (tertiary alicyclic amines) is 1. The van der Waals surface area contributed by atoms with E-state index in [1.54, 1.807) is 11.3 Å². The van der Waals surface area contributed by atoms with E-state index in [1.807, 2.05) is 40.6 Å². The van der Waals surface area contributed by atoms with Crippen LogP contribution in [0, 0.1) is 0 Å². The monoisotopic (exact) mass is 301 g/mol. The van der Waals surface area contributed by atoms with Crippen LogP contribution in [-0.4, -0.2) is 28.9 Å². The maximum atomic E-state index is 12.2. The van der Waals surface area contributed by atoms with Crippen molar-refractivity contribution in [1.29, 1.82) is 0 Å². The van der Waals surface area contributed by atoms with Crippen molar-refractivity contribution in [1.82, 2.24) is 9.88 Å². The highest BCUT2D eigenvalue weighted by molar-refractivity contribution is 7.13. The largest absolute Gasteiger partial charge is 0.342 e. The van der Waals surface area contributed by atoms with E-state index < -0.39 is 0 Å². The minimum Gasteiger partial charge on any atom is -0.342 e. The van der Waals surface area contributed by atoms with Crippen molar-refractivity contribution < 1.29 is 4.79 Å². The van der Waals surface area contributed by atoms with Gasteiger partial charge in [0.1, 0.15) is 0 Å². The van der Waals surface area contributed by atoms with Crippen LogP contribution in [0.25, 0.3) is 0 Å². The fraction of sp³-hybridized carbons (Fsp3) is 0.375. The average molecular weight is 301 g/mol. The van der Waals surface area contributed by atoms with Gasteiger partial charge in [0.25, 0.3) is 0 Å². The number of rotatable bonds is 4. The Balaban J connectivity index is 1.58. The van der Waals surface area contributed by atoms with Crippen LogP contribution in [0.4, 0.5) is 10.8 Å². The lowest BCUT2D eigenvalue weighted by molar-refractivity contribution is -0.131. The fourth-order valence-corrected chi connectivity index (χ4v) is 3.23. The lowest BCUT2D eigenvalue weighted by Crippen LogP contribution is -2.36.